The fraction of sp³-hybridized carbons (Fsp3) is 0.200. The number of aromatic nitrogens is 1. The lowest BCUT2D eigenvalue weighted by atomic mass is 10.1. The Morgan fingerprint density at radius 2 is 1.83 bits per heavy atom. The lowest BCUT2D eigenvalue weighted by Crippen LogP contribution is -2.39. The molecule has 0 saturated heterocycles. The molecule has 0 radical (unpaired) electrons. The number of rotatable bonds is 9. The van der Waals surface area contributed by atoms with Gasteiger partial charge in [-0.25, -0.2) is 9.37 Å². The zero-order chi connectivity index (χ0) is 24.8. The Labute approximate surface area is 201 Å². The third-order valence-corrected chi connectivity index (χ3v) is 5.20. The van der Waals surface area contributed by atoms with E-state index < -0.39 is 23.7 Å². The molecule has 4 rings (SSSR count). The van der Waals surface area contributed by atoms with E-state index in [9.17, 15) is 14.0 Å². The lowest BCUT2D eigenvalue weighted by Gasteiger charge is -2.20. The van der Waals surface area contributed by atoms with E-state index >= 15 is 0 Å². The van der Waals surface area contributed by atoms with E-state index in [2.05, 4.69) is 15.4 Å². The second kappa shape index (κ2) is 10.6. The first kappa shape index (κ1) is 23.7. The Morgan fingerprint density at radius 3 is 2.51 bits per heavy atom. The molecule has 0 aliphatic carbocycles. The minimum atomic E-state index is -0.837. The number of carbonyl (C=O) groups excluding carboxylic acids is 2. The van der Waals surface area contributed by atoms with Crippen molar-refractivity contribution in [3.63, 3.8) is 0 Å². The van der Waals surface area contributed by atoms with E-state index in [-0.39, 0.29) is 18.7 Å². The number of ether oxygens (including phenoxy) is 2. The number of carbonyl (C=O) groups is 2. The molecule has 35 heavy (non-hydrogen) atoms. The molecule has 2 heterocycles. The van der Waals surface area contributed by atoms with Crippen molar-refractivity contribution in [3.8, 4) is 17.4 Å². The molecule has 2 amide bonds. The quantitative estimate of drug-likeness (QED) is 0.489. The molecule has 0 bridgehead atoms. The number of benzene rings is 2. The molecule has 1 unspecified atom stereocenters. The zero-order valence-electron chi connectivity index (χ0n) is 19.0. The SMILES string of the molecule is CCOc1ccc(Oc2cc(CNC(=O)C3=NN(c4ccc(F)cc4)C(C(N)=O)C3)ccn2)cc1. The smallest absolute Gasteiger partial charge is 0.267 e. The van der Waals surface area contributed by atoms with Crippen LogP contribution >= 0.6 is 0 Å². The van der Waals surface area contributed by atoms with Gasteiger partial charge < -0.3 is 20.5 Å². The third kappa shape index (κ3) is 5.91. The second-order valence-corrected chi connectivity index (χ2v) is 7.68. The van der Waals surface area contributed by atoms with Crippen molar-refractivity contribution in [1.29, 1.82) is 0 Å². The molecule has 1 aliphatic rings. The Hall–Kier alpha value is -4.47. The number of halogens is 1. The number of nitrogens with two attached hydrogens (primary N) is 1. The highest BCUT2D eigenvalue weighted by molar-refractivity contribution is 6.40. The number of amides is 2. The van der Waals surface area contributed by atoms with Crippen LogP contribution in [0.25, 0.3) is 0 Å². The number of hydrazone groups is 1. The number of primary amides is 1. The molecular formula is C25H24FN5O4. The van der Waals surface area contributed by atoms with Gasteiger partial charge in [-0.2, -0.15) is 5.10 Å². The van der Waals surface area contributed by atoms with Gasteiger partial charge in [-0.15, -0.1) is 0 Å². The first-order chi connectivity index (χ1) is 16.9. The Balaban J connectivity index is 1.39. The van der Waals surface area contributed by atoms with Crippen LogP contribution < -0.4 is 25.5 Å². The third-order valence-electron chi connectivity index (χ3n) is 5.20. The molecule has 0 spiro atoms. The van der Waals surface area contributed by atoms with Gasteiger partial charge in [0.2, 0.25) is 11.8 Å². The van der Waals surface area contributed by atoms with Crippen LogP contribution in [0.1, 0.15) is 18.9 Å². The maximum absolute atomic E-state index is 13.3. The van der Waals surface area contributed by atoms with Crippen LogP contribution in [0.2, 0.25) is 0 Å². The average molecular weight is 477 g/mol. The van der Waals surface area contributed by atoms with Gasteiger partial charge in [0.25, 0.3) is 5.91 Å². The molecule has 9 nitrogen and oxygen atoms in total. The summed E-state index contributed by atoms with van der Waals surface area (Å²) in [6, 6.07) is 15.2. The fourth-order valence-corrected chi connectivity index (χ4v) is 3.49. The summed E-state index contributed by atoms with van der Waals surface area (Å²) in [5.74, 6) is 0.221. The van der Waals surface area contributed by atoms with Gasteiger partial charge >= 0.3 is 0 Å². The summed E-state index contributed by atoms with van der Waals surface area (Å²) >= 11 is 0. The van der Waals surface area contributed by atoms with Crippen molar-refractivity contribution in [3.05, 3.63) is 78.2 Å². The lowest BCUT2D eigenvalue weighted by molar-refractivity contribution is -0.119. The topological polar surface area (TPSA) is 119 Å². The van der Waals surface area contributed by atoms with E-state index in [0.717, 1.165) is 11.3 Å². The summed E-state index contributed by atoms with van der Waals surface area (Å²) in [4.78, 5) is 28.9. The summed E-state index contributed by atoms with van der Waals surface area (Å²) in [5.41, 5.74) is 6.87. The monoisotopic (exact) mass is 477 g/mol. The summed E-state index contributed by atoms with van der Waals surface area (Å²) < 4.78 is 24.5. The molecule has 1 atom stereocenters. The number of nitrogens with zero attached hydrogens (tertiary/aromatic N) is 3. The zero-order valence-corrected chi connectivity index (χ0v) is 19.0. The number of nitrogens with one attached hydrogen (secondary N) is 1. The van der Waals surface area contributed by atoms with Gasteiger partial charge in [0.1, 0.15) is 29.1 Å². The van der Waals surface area contributed by atoms with Crippen LogP contribution in [0, 0.1) is 5.82 Å². The van der Waals surface area contributed by atoms with Crippen LogP contribution in [0.3, 0.4) is 0 Å². The molecule has 0 saturated carbocycles. The first-order valence-electron chi connectivity index (χ1n) is 11.0. The highest BCUT2D eigenvalue weighted by Crippen LogP contribution is 2.25. The molecule has 0 fully saturated rings. The molecule has 3 N–H and O–H groups in total. The number of hydrogen-bond acceptors (Lipinski definition) is 7. The van der Waals surface area contributed by atoms with Gasteiger partial charge in [-0.3, -0.25) is 14.6 Å². The molecule has 2 aromatic carbocycles. The van der Waals surface area contributed by atoms with E-state index in [1.165, 1.54) is 29.3 Å². The van der Waals surface area contributed by atoms with Crippen molar-refractivity contribution in [2.45, 2.75) is 25.9 Å². The minimum absolute atomic E-state index is 0.0426. The van der Waals surface area contributed by atoms with Crippen molar-refractivity contribution < 1.29 is 23.5 Å². The van der Waals surface area contributed by atoms with E-state index in [4.69, 9.17) is 15.2 Å². The maximum Gasteiger partial charge on any atom is 0.267 e. The molecule has 1 aromatic heterocycles. The normalized spacial score (nSPS) is 14.9. The summed E-state index contributed by atoms with van der Waals surface area (Å²) in [7, 11) is 0. The van der Waals surface area contributed by atoms with Crippen molar-refractivity contribution >= 4 is 23.2 Å². The first-order valence-corrected chi connectivity index (χ1v) is 11.0. The van der Waals surface area contributed by atoms with Gasteiger partial charge in [0.05, 0.1) is 12.3 Å². The van der Waals surface area contributed by atoms with E-state index in [0.29, 0.717) is 23.9 Å². The summed E-state index contributed by atoms with van der Waals surface area (Å²) in [6.45, 7) is 2.68. The highest BCUT2D eigenvalue weighted by Gasteiger charge is 2.34. The predicted octanol–water partition coefficient (Wildman–Crippen LogP) is 3.15. The average Bonchev–Trinajstić information content (AvgIpc) is 3.31. The van der Waals surface area contributed by atoms with Gasteiger partial charge in [-0.05, 0) is 67.1 Å². The fourth-order valence-electron chi connectivity index (χ4n) is 3.49. The van der Waals surface area contributed by atoms with Crippen LogP contribution in [0.5, 0.6) is 17.4 Å². The number of pyridine rings is 1. The van der Waals surface area contributed by atoms with Gasteiger partial charge in [0.15, 0.2) is 0 Å². The molecule has 3 aromatic rings. The molecule has 10 heteroatoms. The van der Waals surface area contributed by atoms with Gasteiger partial charge in [-0.1, -0.05) is 0 Å². The predicted molar refractivity (Wildman–Crippen MR) is 128 cm³/mol. The van der Waals surface area contributed by atoms with Crippen molar-refractivity contribution in [1.82, 2.24) is 10.3 Å². The molecule has 180 valence electrons. The Bertz CT molecular complexity index is 1230. The van der Waals surface area contributed by atoms with Crippen LogP contribution in [-0.2, 0) is 16.1 Å². The van der Waals surface area contributed by atoms with Gasteiger partial charge in [0, 0.05) is 25.2 Å². The minimum Gasteiger partial charge on any atom is -0.494 e. The Kier molecular flexibility index (Phi) is 7.20. The molecule has 1 aliphatic heterocycles. The molecular weight excluding hydrogens is 453 g/mol. The Morgan fingerprint density at radius 1 is 1.11 bits per heavy atom. The van der Waals surface area contributed by atoms with Crippen LogP contribution in [0.15, 0.2) is 72.0 Å². The van der Waals surface area contributed by atoms with E-state index in [1.807, 2.05) is 6.92 Å². The standard InChI is InChI=1S/C25H24FN5O4/c1-2-34-19-7-9-20(10-8-19)35-23-13-16(11-12-28-23)15-29-25(33)21-14-22(24(27)32)31(30-21)18-5-3-17(26)4-6-18/h3-13,22H,2,14-15H2,1H3,(H2,27,32)(H,29,33). The highest BCUT2D eigenvalue weighted by atomic mass is 19.1. The second-order valence-electron chi connectivity index (χ2n) is 7.68. The summed E-state index contributed by atoms with van der Waals surface area (Å²) in [6.07, 6.45) is 1.62. The van der Waals surface area contributed by atoms with E-state index in [1.54, 1.807) is 42.6 Å². The largest absolute Gasteiger partial charge is 0.494 e. The van der Waals surface area contributed by atoms with Crippen molar-refractivity contribution in [2.24, 2.45) is 10.8 Å². The maximum atomic E-state index is 13.3. The van der Waals surface area contributed by atoms with Crippen molar-refractivity contribution in [2.75, 3.05) is 11.6 Å². The van der Waals surface area contributed by atoms with Crippen LogP contribution in [-0.4, -0.2) is 35.2 Å². The summed E-state index contributed by atoms with van der Waals surface area (Å²) in [5, 5.41) is 8.39. The number of anilines is 1. The number of hydrogen-bond donors (Lipinski definition) is 2. The van der Waals surface area contributed by atoms with Crippen LogP contribution in [0.4, 0.5) is 10.1 Å².